The zero-order chi connectivity index (χ0) is 41.8. The standard InChI is InChI=1S/C41H73NO13/c1-16-18-50-36-27(8)52-30(21-40(36,10)49-15)54-33-25(6)35(55-38-32(44)28(42(12)13)19-23(4)51-38)39(9,48-14)20-22(3)31(43)24(5)34(45)41(11,47)29(17-2)53-37(46)26(33)7/h16,22-30,32-36,38,44-45,47H,1,17-21H2,2-15H3/t22-,23-,24?,25+,26-,27+,28+,29-,30+,32-,33+,34?,35-,36+,38+,39-,40-,41-/m1/s1. The zero-order valence-corrected chi connectivity index (χ0v) is 35.9. The lowest BCUT2D eigenvalue weighted by molar-refractivity contribution is -0.321. The summed E-state index contributed by atoms with van der Waals surface area (Å²) in [6.45, 7) is 21.6. The van der Waals surface area contributed by atoms with Gasteiger partial charge >= 0.3 is 5.97 Å². The summed E-state index contributed by atoms with van der Waals surface area (Å²) in [6.07, 6.45) is -6.12. The maximum atomic E-state index is 14.3. The molecule has 3 N–H and O–H groups in total. The zero-order valence-electron chi connectivity index (χ0n) is 35.9. The molecule has 0 bridgehead atoms. The molecule has 0 aliphatic carbocycles. The van der Waals surface area contributed by atoms with E-state index >= 15 is 0 Å². The fraction of sp³-hybridized carbons (Fsp3) is 0.902. The number of aliphatic hydroxyl groups excluding tert-OH is 2. The number of rotatable bonds is 11. The Hall–Kier alpha value is -1.56. The Morgan fingerprint density at radius 3 is 2.05 bits per heavy atom. The number of aliphatic hydroxyl groups is 3. The van der Waals surface area contributed by atoms with Crippen molar-refractivity contribution in [1.29, 1.82) is 0 Å². The van der Waals surface area contributed by atoms with Gasteiger partial charge in [-0.25, -0.2) is 0 Å². The molecule has 0 aromatic rings. The number of cyclic esters (lactones) is 1. The van der Waals surface area contributed by atoms with Crippen molar-refractivity contribution in [3.05, 3.63) is 12.7 Å². The number of likely N-dealkylation sites (N-methyl/N-ethyl adjacent to an activating group) is 1. The van der Waals surface area contributed by atoms with Gasteiger partial charge in [0.25, 0.3) is 0 Å². The molecule has 3 heterocycles. The second-order valence-corrected chi connectivity index (χ2v) is 17.2. The van der Waals surface area contributed by atoms with Crippen molar-refractivity contribution in [2.75, 3.05) is 34.9 Å². The molecular formula is C41H73NO13. The van der Waals surface area contributed by atoms with Crippen molar-refractivity contribution in [3.63, 3.8) is 0 Å². The highest BCUT2D eigenvalue weighted by Gasteiger charge is 2.54. The minimum Gasteiger partial charge on any atom is -0.459 e. The number of hydrogen-bond acceptors (Lipinski definition) is 14. The van der Waals surface area contributed by atoms with Gasteiger partial charge in [0.05, 0.1) is 54.2 Å². The van der Waals surface area contributed by atoms with E-state index in [0.29, 0.717) is 13.0 Å². The predicted molar refractivity (Wildman–Crippen MR) is 205 cm³/mol. The maximum absolute atomic E-state index is 14.3. The first-order valence-electron chi connectivity index (χ1n) is 20.0. The van der Waals surface area contributed by atoms with Crippen LogP contribution in [0.25, 0.3) is 0 Å². The molecule has 0 amide bonds. The number of nitrogens with zero attached hydrogens (tertiary/aromatic N) is 1. The van der Waals surface area contributed by atoms with Gasteiger partial charge in [-0.2, -0.15) is 0 Å². The molecule has 18 atom stereocenters. The summed E-state index contributed by atoms with van der Waals surface area (Å²) in [5.74, 6) is -4.40. The topological polar surface area (TPSA) is 172 Å². The van der Waals surface area contributed by atoms with Crippen LogP contribution in [0.1, 0.15) is 94.9 Å². The first-order chi connectivity index (χ1) is 25.5. The average Bonchev–Trinajstić information content (AvgIpc) is 3.13. The van der Waals surface area contributed by atoms with E-state index in [0.717, 1.165) is 0 Å². The lowest BCUT2D eigenvalue weighted by Crippen LogP contribution is -2.61. The van der Waals surface area contributed by atoms with E-state index in [-0.39, 0.29) is 37.2 Å². The molecule has 3 saturated heterocycles. The summed E-state index contributed by atoms with van der Waals surface area (Å²) in [7, 11) is 6.90. The third-order valence-corrected chi connectivity index (χ3v) is 12.6. The molecule has 0 aromatic carbocycles. The second kappa shape index (κ2) is 19.5. The highest BCUT2D eigenvalue weighted by Crippen LogP contribution is 2.42. The molecule has 2 unspecified atom stereocenters. The van der Waals surface area contributed by atoms with Crippen LogP contribution in [0.2, 0.25) is 0 Å². The normalized spacial score (nSPS) is 46.9. The second-order valence-electron chi connectivity index (χ2n) is 17.2. The summed E-state index contributed by atoms with van der Waals surface area (Å²) in [5.41, 5.74) is -4.05. The van der Waals surface area contributed by atoms with Gasteiger partial charge in [-0.3, -0.25) is 9.59 Å². The van der Waals surface area contributed by atoms with Crippen LogP contribution in [0.15, 0.2) is 12.7 Å². The third-order valence-electron chi connectivity index (χ3n) is 12.6. The lowest BCUT2D eigenvalue weighted by atomic mass is 9.74. The van der Waals surface area contributed by atoms with Crippen LogP contribution in [-0.2, 0) is 47.5 Å². The number of esters is 1. The Morgan fingerprint density at radius 2 is 1.51 bits per heavy atom. The van der Waals surface area contributed by atoms with Crippen LogP contribution in [0, 0.1) is 23.7 Å². The highest BCUT2D eigenvalue weighted by molar-refractivity contribution is 5.83. The van der Waals surface area contributed by atoms with E-state index in [9.17, 15) is 24.9 Å². The first kappa shape index (κ1) is 47.8. The fourth-order valence-electron chi connectivity index (χ4n) is 9.06. The Bertz CT molecular complexity index is 1270. The molecule has 0 spiro atoms. The van der Waals surface area contributed by atoms with E-state index in [4.69, 9.17) is 37.9 Å². The smallest absolute Gasteiger partial charge is 0.311 e. The molecule has 0 radical (unpaired) electrons. The van der Waals surface area contributed by atoms with Crippen LogP contribution in [0.5, 0.6) is 0 Å². The summed E-state index contributed by atoms with van der Waals surface area (Å²) >= 11 is 0. The van der Waals surface area contributed by atoms with Gasteiger partial charge in [-0.05, 0) is 74.9 Å². The maximum Gasteiger partial charge on any atom is 0.311 e. The van der Waals surface area contributed by atoms with Gasteiger partial charge in [0.2, 0.25) is 0 Å². The molecule has 0 saturated carbocycles. The fourth-order valence-corrected chi connectivity index (χ4v) is 9.06. The Labute approximate surface area is 329 Å². The van der Waals surface area contributed by atoms with Crippen molar-refractivity contribution in [2.45, 2.75) is 179 Å². The van der Waals surface area contributed by atoms with E-state index in [2.05, 4.69) is 6.58 Å². The molecule has 14 nitrogen and oxygen atoms in total. The van der Waals surface area contributed by atoms with Gasteiger partial charge < -0.3 is 58.1 Å². The van der Waals surface area contributed by atoms with Crippen molar-refractivity contribution < 1.29 is 62.8 Å². The molecule has 14 heteroatoms. The molecule has 3 fully saturated rings. The van der Waals surface area contributed by atoms with E-state index in [1.165, 1.54) is 14.0 Å². The summed E-state index contributed by atoms with van der Waals surface area (Å²) in [5, 5.41) is 34.8. The van der Waals surface area contributed by atoms with Crippen molar-refractivity contribution in [3.8, 4) is 0 Å². The molecule has 3 aliphatic heterocycles. The van der Waals surface area contributed by atoms with Gasteiger partial charge in [-0.15, -0.1) is 6.58 Å². The van der Waals surface area contributed by atoms with E-state index in [1.54, 1.807) is 40.9 Å². The summed E-state index contributed by atoms with van der Waals surface area (Å²) < 4.78 is 50.9. The largest absolute Gasteiger partial charge is 0.459 e. The predicted octanol–water partition coefficient (Wildman–Crippen LogP) is 3.65. The van der Waals surface area contributed by atoms with Crippen LogP contribution < -0.4 is 0 Å². The summed E-state index contributed by atoms with van der Waals surface area (Å²) in [6, 6.07) is -0.279. The Balaban J connectivity index is 2.22. The van der Waals surface area contributed by atoms with Gasteiger partial charge in [0.15, 0.2) is 12.6 Å². The lowest BCUT2D eigenvalue weighted by Gasteiger charge is -2.50. The van der Waals surface area contributed by atoms with Crippen LogP contribution in [0.4, 0.5) is 0 Å². The van der Waals surface area contributed by atoms with Gasteiger partial charge in [0, 0.05) is 44.4 Å². The van der Waals surface area contributed by atoms with Crippen molar-refractivity contribution in [2.24, 2.45) is 23.7 Å². The van der Waals surface area contributed by atoms with E-state index < -0.39 is 102 Å². The third kappa shape index (κ3) is 10.6. The molecular weight excluding hydrogens is 714 g/mol. The van der Waals surface area contributed by atoms with Crippen molar-refractivity contribution in [1.82, 2.24) is 4.90 Å². The number of carbonyl (C=O) groups is 2. The van der Waals surface area contributed by atoms with Crippen LogP contribution >= 0.6 is 0 Å². The molecule has 3 rings (SSSR count). The van der Waals surface area contributed by atoms with Crippen LogP contribution in [0.3, 0.4) is 0 Å². The number of carbonyl (C=O) groups excluding carboxylic acids is 2. The molecule has 3 aliphatic rings. The molecule has 320 valence electrons. The monoisotopic (exact) mass is 788 g/mol. The number of Topliss-reactive ketones (excluding diaryl/α,β-unsaturated/α-hetero) is 1. The Morgan fingerprint density at radius 1 is 0.909 bits per heavy atom. The average molecular weight is 788 g/mol. The minimum absolute atomic E-state index is 0.121. The van der Waals surface area contributed by atoms with E-state index in [1.807, 2.05) is 53.6 Å². The highest BCUT2D eigenvalue weighted by atomic mass is 16.7. The number of ketones is 1. The molecule has 55 heavy (non-hydrogen) atoms. The SMILES string of the molecule is C=CCO[C@H]1[C@H](C)O[C@@H](O[C@H]2[C@H](C)[C@@H](O[C@@H]3O[C@H](C)C[C@H](N(C)C)[C@H]3O)[C@](C)(OC)C[C@@H](C)C(=O)C(C)C(O)[C@](C)(O)[C@@H](CC)OC(=O)[C@@H]2C)C[C@@]1(C)OC. The number of methoxy groups -OCH3 is 2. The first-order valence-corrected chi connectivity index (χ1v) is 20.0. The Kier molecular flexibility index (Phi) is 16.9. The molecule has 0 aromatic heterocycles. The van der Waals surface area contributed by atoms with Gasteiger partial charge in [-0.1, -0.05) is 33.8 Å². The quantitative estimate of drug-likeness (QED) is 0.205. The van der Waals surface area contributed by atoms with Crippen LogP contribution in [-0.4, -0.2) is 151 Å². The number of hydrogen-bond donors (Lipinski definition) is 3. The number of ether oxygens (including phenoxy) is 8. The minimum atomic E-state index is -1.96. The van der Waals surface area contributed by atoms with Gasteiger partial charge in [0.1, 0.15) is 29.7 Å². The summed E-state index contributed by atoms with van der Waals surface area (Å²) in [4.78, 5) is 30.3. The van der Waals surface area contributed by atoms with Crippen molar-refractivity contribution >= 4 is 11.8 Å².